The Morgan fingerprint density at radius 3 is 2.92 bits per heavy atom. The summed E-state index contributed by atoms with van der Waals surface area (Å²) in [5, 5.41) is 8.86. The first-order valence-electron chi connectivity index (χ1n) is 7.08. The molecular formula is C16H13ClFN3O3. The lowest BCUT2D eigenvalue weighted by atomic mass is 10.2. The molecule has 0 radical (unpaired) electrons. The molecule has 3 aromatic rings. The van der Waals surface area contributed by atoms with Gasteiger partial charge in [0.15, 0.2) is 0 Å². The van der Waals surface area contributed by atoms with Crippen LogP contribution in [0.5, 0.6) is 5.75 Å². The van der Waals surface area contributed by atoms with Gasteiger partial charge in [0.2, 0.25) is 0 Å². The molecule has 6 nitrogen and oxygen atoms in total. The maximum absolute atomic E-state index is 13.0. The first kappa shape index (κ1) is 16.2. The lowest BCUT2D eigenvalue weighted by Crippen LogP contribution is -2.18. The summed E-state index contributed by atoms with van der Waals surface area (Å²) in [6, 6.07) is 8.76. The molecule has 0 aliphatic heterocycles. The molecule has 0 aliphatic rings. The summed E-state index contributed by atoms with van der Waals surface area (Å²) in [4.78, 5) is 18.9. The van der Waals surface area contributed by atoms with E-state index in [1.165, 1.54) is 18.2 Å². The van der Waals surface area contributed by atoms with Crippen LogP contribution in [0.15, 0.2) is 36.4 Å². The van der Waals surface area contributed by atoms with Crippen molar-refractivity contribution >= 4 is 28.5 Å². The fourth-order valence-corrected chi connectivity index (χ4v) is 2.46. The SMILES string of the molecule is O=C(NO)c1ccc2nc(CCOc3ccc(F)cc3Cl)[nH]c2c1. The number of nitrogens with zero attached hydrogens (tertiary/aromatic N) is 1. The minimum absolute atomic E-state index is 0.208. The Balaban J connectivity index is 1.68. The highest BCUT2D eigenvalue weighted by Gasteiger charge is 2.09. The molecular weight excluding hydrogens is 337 g/mol. The van der Waals surface area contributed by atoms with Gasteiger partial charge in [-0.15, -0.1) is 0 Å². The topological polar surface area (TPSA) is 87.2 Å². The van der Waals surface area contributed by atoms with Gasteiger partial charge in [0.25, 0.3) is 5.91 Å². The van der Waals surface area contributed by atoms with E-state index < -0.39 is 11.7 Å². The van der Waals surface area contributed by atoms with E-state index in [0.717, 1.165) is 0 Å². The minimum atomic E-state index is -0.595. The molecule has 2 aromatic carbocycles. The molecule has 24 heavy (non-hydrogen) atoms. The van der Waals surface area contributed by atoms with Crippen LogP contribution >= 0.6 is 11.6 Å². The Morgan fingerprint density at radius 1 is 1.33 bits per heavy atom. The molecule has 1 amide bonds. The Morgan fingerprint density at radius 2 is 2.17 bits per heavy atom. The normalized spacial score (nSPS) is 10.8. The number of aromatic amines is 1. The number of carbonyl (C=O) groups excluding carboxylic acids is 1. The molecule has 1 heterocycles. The molecule has 0 unspecified atom stereocenters. The van der Waals surface area contributed by atoms with E-state index in [1.807, 2.05) is 0 Å². The Bertz CT molecular complexity index is 897. The summed E-state index contributed by atoms with van der Waals surface area (Å²) in [6.07, 6.45) is 0.476. The minimum Gasteiger partial charge on any atom is -0.492 e. The number of nitrogens with one attached hydrogen (secondary N) is 2. The molecule has 3 rings (SSSR count). The summed E-state index contributed by atoms with van der Waals surface area (Å²) in [5.41, 5.74) is 3.26. The molecule has 124 valence electrons. The predicted octanol–water partition coefficient (Wildman–Crippen LogP) is 3.10. The average molecular weight is 350 g/mol. The van der Waals surface area contributed by atoms with Gasteiger partial charge in [-0.25, -0.2) is 14.9 Å². The third-order valence-corrected chi connectivity index (χ3v) is 3.68. The number of fused-ring (bicyclic) bond motifs is 1. The molecule has 0 aliphatic carbocycles. The van der Waals surface area contributed by atoms with Crippen LogP contribution in [0.25, 0.3) is 11.0 Å². The summed E-state index contributed by atoms with van der Waals surface area (Å²) < 4.78 is 18.5. The zero-order chi connectivity index (χ0) is 17.1. The largest absolute Gasteiger partial charge is 0.492 e. The lowest BCUT2D eigenvalue weighted by molar-refractivity contribution is 0.0706. The van der Waals surface area contributed by atoms with Gasteiger partial charge in [-0.1, -0.05) is 11.6 Å². The van der Waals surface area contributed by atoms with Crippen LogP contribution in [-0.4, -0.2) is 27.7 Å². The zero-order valence-corrected chi connectivity index (χ0v) is 13.1. The molecule has 0 saturated carbocycles. The van der Waals surface area contributed by atoms with Crippen LogP contribution < -0.4 is 10.2 Å². The van der Waals surface area contributed by atoms with E-state index in [0.29, 0.717) is 41.2 Å². The molecule has 0 saturated heterocycles. The van der Waals surface area contributed by atoms with Gasteiger partial charge < -0.3 is 9.72 Å². The van der Waals surface area contributed by atoms with Crippen molar-refractivity contribution in [1.82, 2.24) is 15.4 Å². The van der Waals surface area contributed by atoms with Crippen LogP contribution in [0, 0.1) is 5.82 Å². The smallest absolute Gasteiger partial charge is 0.274 e. The molecule has 0 atom stereocenters. The van der Waals surface area contributed by atoms with E-state index in [9.17, 15) is 9.18 Å². The van der Waals surface area contributed by atoms with Crippen LogP contribution in [0.2, 0.25) is 5.02 Å². The monoisotopic (exact) mass is 349 g/mol. The number of amides is 1. The van der Waals surface area contributed by atoms with Crippen LogP contribution in [0.3, 0.4) is 0 Å². The second-order valence-electron chi connectivity index (χ2n) is 5.03. The first-order chi connectivity index (χ1) is 11.6. The molecule has 1 aromatic heterocycles. The third-order valence-electron chi connectivity index (χ3n) is 3.39. The third kappa shape index (κ3) is 3.47. The van der Waals surface area contributed by atoms with Crippen molar-refractivity contribution in [2.24, 2.45) is 0 Å². The van der Waals surface area contributed by atoms with Gasteiger partial charge in [-0.2, -0.15) is 0 Å². The van der Waals surface area contributed by atoms with Crippen molar-refractivity contribution in [3.05, 3.63) is 58.6 Å². The lowest BCUT2D eigenvalue weighted by Gasteiger charge is -2.06. The summed E-state index contributed by atoms with van der Waals surface area (Å²) in [6.45, 7) is 0.301. The van der Waals surface area contributed by atoms with Crippen molar-refractivity contribution < 1.29 is 19.1 Å². The molecule has 8 heteroatoms. The maximum Gasteiger partial charge on any atom is 0.274 e. The standard InChI is InChI=1S/C16H13ClFN3O3/c17-11-8-10(18)2-4-14(11)24-6-5-15-19-12-3-1-9(16(22)21-23)7-13(12)20-15/h1-4,7-8,23H,5-6H2,(H,19,20)(H,21,22). The summed E-state index contributed by atoms with van der Waals surface area (Å²) in [7, 11) is 0. The van der Waals surface area contributed by atoms with Gasteiger partial charge in [-0.05, 0) is 36.4 Å². The Hall–Kier alpha value is -2.64. The predicted molar refractivity (Wildman–Crippen MR) is 86.0 cm³/mol. The highest BCUT2D eigenvalue weighted by atomic mass is 35.5. The van der Waals surface area contributed by atoms with E-state index in [-0.39, 0.29) is 5.02 Å². The van der Waals surface area contributed by atoms with E-state index in [2.05, 4.69) is 9.97 Å². The van der Waals surface area contributed by atoms with E-state index in [4.69, 9.17) is 21.5 Å². The highest BCUT2D eigenvalue weighted by Crippen LogP contribution is 2.25. The second-order valence-corrected chi connectivity index (χ2v) is 5.44. The molecule has 0 fully saturated rings. The fraction of sp³-hybridized carbons (Fsp3) is 0.125. The fourth-order valence-electron chi connectivity index (χ4n) is 2.24. The number of aromatic nitrogens is 2. The number of H-pyrrole nitrogens is 1. The van der Waals surface area contributed by atoms with Gasteiger partial charge >= 0.3 is 0 Å². The number of halogens is 2. The number of ether oxygens (including phenoxy) is 1. The van der Waals surface area contributed by atoms with Gasteiger partial charge in [-0.3, -0.25) is 10.0 Å². The number of hydrogen-bond donors (Lipinski definition) is 3. The summed E-state index contributed by atoms with van der Waals surface area (Å²) in [5.74, 6) is 0.0514. The van der Waals surface area contributed by atoms with Crippen molar-refractivity contribution in [2.75, 3.05) is 6.61 Å². The Labute approximate surface area is 141 Å². The van der Waals surface area contributed by atoms with Gasteiger partial charge in [0, 0.05) is 12.0 Å². The average Bonchev–Trinajstić information content (AvgIpc) is 2.98. The van der Waals surface area contributed by atoms with Crippen LogP contribution in [0.1, 0.15) is 16.2 Å². The number of hydroxylamine groups is 1. The van der Waals surface area contributed by atoms with E-state index in [1.54, 1.807) is 23.7 Å². The molecule has 3 N–H and O–H groups in total. The van der Waals surface area contributed by atoms with Crippen molar-refractivity contribution in [1.29, 1.82) is 0 Å². The van der Waals surface area contributed by atoms with Crippen molar-refractivity contribution in [2.45, 2.75) is 6.42 Å². The quantitative estimate of drug-likeness (QED) is 0.488. The van der Waals surface area contributed by atoms with Crippen LogP contribution in [0.4, 0.5) is 4.39 Å². The van der Waals surface area contributed by atoms with Gasteiger partial charge in [0.1, 0.15) is 17.4 Å². The van der Waals surface area contributed by atoms with Crippen molar-refractivity contribution in [3.8, 4) is 5.75 Å². The van der Waals surface area contributed by atoms with Crippen molar-refractivity contribution in [3.63, 3.8) is 0 Å². The maximum atomic E-state index is 13.0. The number of hydrogen-bond acceptors (Lipinski definition) is 4. The summed E-state index contributed by atoms with van der Waals surface area (Å²) >= 11 is 5.89. The Kier molecular flexibility index (Phi) is 4.64. The molecule has 0 bridgehead atoms. The first-order valence-corrected chi connectivity index (χ1v) is 7.45. The number of carbonyl (C=O) groups is 1. The number of imidazole rings is 1. The zero-order valence-electron chi connectivity index (χ0n) is 12.3. The van der Waals surface area contributed by atoms with Crippen LogP contribution in [-0.2, 0) is 6.42 Å². The van der Waals surface area contributed by atoms with E-state index >= 15 is 0 Å². The number of benzene rings is 2. The second kappa shape index (κ2) is 6.86. The number of rotatable bonds is 5. The highest BCUT2D eigenvalue weighted by molar-refractivity contribution is 6.32. The molecule has 0 spiro atoms. The van der Waals surface area contributed by atoms with Gasteiger partial charge in [0.05, 0.1) is 22.7 Å².